The van der Waals surface area contributed by atoms with Crippen molar-refractivity contribution < 1.29 is 4.79 Å². The third-order valence-corrected chi connectivity index (χ3v) is 4.12. The molecule has 0 saturated heterocycles. The molecule has 0 saturated carbocycles. The number of nitrogens with two attached hydrogens (primary N) is 1. The number of carbonyl (C=O) groups is 1. The van der Waals surface area contributed by atoms with Crippen molar-refractivity contribution in [2.24, 2.45) is 17.6 Å². The van der Waals surface area contributed by atoms with Crippen LogP contribution < -0.4 is 11.1 Å². The van der Waals surface area contributed by atoms with Crippen LogP contribution in [0.1, 0.15) is 79.1 Å². The van der Waals surface area contributed by atoms with Gasteiger partial charge in [-0.2, -0.15) is 0 Å². The molecule has 0 aliphatic rings. The summed E-state index contributed by atoms with van der Waals surface area (Å²) in [7, 11) is 0. The van der Waals surface area contributed by atoms with Gasteiger partial charge in [-0.15, -0.1) is 0 Å². The second-order valence-corrected chi connectivity index (χ2v) is 6.44. The Balaban J connectivity index is 3.80. The van der Waals surface area contributed by atoms with Gasteiger partial charge in [0.05, 0.1) is 0 Å². The van der Waals surface area contributed by atoms with E-state index in [0.717, 1.165) is 25.8 Å². The van der Waals surface area contributed by atoms with Gasteiger partial charge < -0.3 is 11.1 Å². The summed E-state index contributed by atoms with van der Waals surface area (Å²) in [5, 5.41) is 3.12. The molecule has 0 heterocycles. The van der Waals surface area contributed by atoms with E-state index in [4.69, 9.17) is 5.73 Å². The lowest BCUT2D eigenvalue weighted by molar-refractivity contribution is -0.122. The van der Waals surface area contributed by atoms with Crippen LogP contribution in [0.3, 0.4) is 0 Å². The molecule has 0 bridgehead atoms. The van der Waals surface area contributed by atoms with Gasteiger partial charge >= 0.3 is 0 Å². The number of unbranched alkanes of at least 4 members (excludes halogenated alkanes) is 3. The fourth-order valence-corrected chi connectivity index (χ4v) is 2.64. The summed E-state index contributed by atoms with van der Waals surface area (Å²) in [6.07, 6.45) is 8.79. The Morgan fingerprint density at radius 3 is 2.30 bits per heavy atom. The number of hydrogen-bond acceptors (Lipinski definition) is 2. The first-order valence-corrected chi connectivity index (χ1v) is 8.50. The van der Waals surface area contributed by atoms with E-state index in [0.29, 0.717) is 24.3 Å². The molecular weight excluding hydrogens is 248 g/mol. The fourth-order valence-electron chi connectivity index (χ4n) is 2.64. The molecule has 20 heavy (non-hydrogen) atoms. The van der Waals surface area contributed by atoms with Gasteiger partial charge in [-0.3, -0.25) is 4.79 Å². The van der Waals surface area contributed by atoms with Crippen molar-refractivity contribution >= 4 is 5.91 Å². The Labute approximate surface area is 126 Å². The zero-order valence-corrected chi connectivity index (χ0v) is 14.1. The second-order valence-electron chi connectivity index (χ2n) is 6.44. The number of carbonyl (C=O) groups excluding carboxylic acids is 1. The van der Waals surface area contributed by atoms with Crippen molar-refractivity contribution in [1.29, 1.82) is 0 Å². The first-order valence-electron chi connectivity index (χ1n) is 8.50. The molecule has 0 aromatic rings. The molecule has 2 unspecified atom stereocenters. The van der Waals surface area contributed by atoms with Gasteiger partial charge in [0, 0.05) is 12.5 Å². The number of rotatable bonds is 12. The van der Waals surface area contributed by atoms with E-state index >= 15 is 0 Å². The number of amides is 1. The maximum absolute atomic E-state index is 11.9. The third-order valence-electron chi connectivity index (χ3n) is 4.12. The standard InChI is InChI=1S/C17H36N2O/c1-5-6-7-8-9-15(4)19-17(20)11-10-16(12-13-18)14(2)3/h14-16H,5-13,18H2,1-4H3,(H,19,20). The molecule has 0 radical (unpaired) electrons. The van der Waals surface area contributed by atoms with Crippen LogP contribution in [0.15, 0.2) is 0 Å². The van der Waals surface area contributed by atoms with E-state index in [1.807, 2.05) is 0 Å². The molecule has 0 fully saturated rings. The Morgan fingerprint density at radius 1 is 1.05 bits per heavy atom. The van der Waals surface area contributed by atoms with Gasteiger partial charge in [0.15, 0.2) is 0 Å². The van der Waals surface area contributed by atoms with E-state index in [9.17, 15) is 4.79 Å². The smallest absolute Gasteiger partial charge is 0.220 e. The highest BCUT2D eigenvalue weighted by atomic mass is 16.1. The van der Waals surface area contributed by atoms with Gasteiger partial charge in [-0.1, -0.05) is 46.5 Å². The van der Waals surface area contributed by atoms with Crippen LogP contribution in [-0.2, 0) is 4.79 Å². The third kappa shape index (κ3) is 10.2. The maximum Gasteiger partial charge on any atom is 0.220 e. The highest BCUT2D eigenvalue weighted by Gasteiger charge is 2.15. The molecule has 2 atom stereocenters. The Kier molecular flexibility index (Phi) is 11.8. The average molecular weight is 284 g/mol. The van der Waals surface area contributed by atoms with Crippen molar-refractivity contribution in [3.8, 4) is 0 Å². The molecule has 120 valence electrons. The lowest BCUT2D eigenvalue weighted by atomic mass is 9.88. The Hall–Kier alpha value is -0.570. The van der Waals surface area contributed by atoms with Crippen molar-refractivity contribution in [3.63, 3.8) is 0 Å². The number of nitrogens with one attached hydrogen (secondary N) is 1. The van der Waals surface area contributed by atoms with Crippen molar-refractivity contribution in [3.05, 3.63) is 0 Å². The molecule has 0 rings (SSSR count). The molecule has 0 aromatic heterocycles. The predicted octanol–water partition coefficient (Wildman–Crippen LogP) is 3.86. The molecule has 3 N–H and O–H groups in total. The largest absolute Gasteiger partial charge is 0.354 e. The minimum Gasteiger partial charge on any atom is -0.354 e. The van der Waals surface area contributed by atoms with Crippen molar-refractivity contribution in [2.45, 2.75) is 85.1 Å². The zero-order valence-electron chi connectivity index (χ0n) is 14.1. The molecule has 1 amide bonds. The molecule has 0 spiro atoms. The van der Waals surface area contributed by atoms with Crippen LogP contribution >= 0.6 is 0 Å². The van der Waals surface area contributed by atoms with Gasteiger partial charge in [-0.25, -0.2) is 0 Å². The summed E-state index contributed by atoms with van der Waals surface area (Å²) in [5.41, 5.74) is 5.63. The minimum absolute atomic E-state index is 0.204. The van der Waals surface area contributed by atoms with Gasteiger partial charge in [-0.05, 0) is 44.6 Å². The maximum atomic E-state index is 11.9. The monoisotopic (exact) mass is 284 g/mol. The zero-order chi connectivity index (χ0) is 15.4. The average Bonchev–Trinajstić information content (AvgIpc) is 2.39. The molecular formula is C17H36N2O. The molecule has 3 nitrogen and oxygen atoms in total. The summed E-state index contributed by atoms with van der Waals surface area (Å²) >= 11 is 0. The normalized spacial score (nSPS) is 14.3. The first kappa shape index (κ1) is 19.4. The summed E-state index contributed by atoms with van der Waals surface area (Å²) < 4.78 is 0. The van der Waals surface area contributed by atoms with Crippen LogP contribution in [0.5, 0.6) is 0 Å². The first-order chi connectivity index (χ1) is 9.51. The minimum atomic E-state index is 0.204. The SMILES string of the molecule is CCCCCCC(C)NC(=O)CCC(CCN)C(C)C. The van der Waals surface area contributed by atoms with Crippen molar-refractivity contribution in [2.75, 3.05) is 6.54 Å². The highest BCUT2D eigenvalue weighted by molar-refractivity contribution is 5.76. The fraction of sp³-hybridized carbons (Fsp3) is 0.941. The molecule has 3 heteroatoms. The second kappa shape index (κ2) is 12.2. The number of hydrogen-bond donors (Lipinski definition) is 2. The van der Waals surface area contributed by atoms with E-state index < -0.39 is 0 Å². The summed E-state index contributed by atoms with van der Waals surface area (Å²) in [5.74, 6) is 1.39. The summed E-state index contributed by atoms with van der Waals surface area (Å²) in [6.45, 7) is 9.49. The van der Waals surface area contributed by atoms with Crippen LogP contribution in [0.25, 0.3) is 0 Å². The Bertz CT molecular complexity index is 241. The van der Waals surface area contributed by atoms with E-state index in [2.05, 4.69) is 33.0 Å². The van der Waals surface area contributed by atoms with Crippen LogP contribution in [0, 0.1) is 11.8 Å². The Morgan fingerprint density at radius 2 is 1.75 bits per heavy atom. The quantitative estimate of drug-likeness (QED) is 0.535. The predicted molar refractivity (Wildman–Crippen MR) is 87.6 cm³/mol. The van der Waals surface area contributed by atoms with Crippen LogP contribution in [-0.4, -0.2) is 18.5 Å². The van der Waals surface area contributed by atoms with E-state index in [1.54, 1.807) is 0 Å². The van der Waals surface area contributed by atoms with Gasteiger partial charge in [0.2, 0.25) is 5.91 Å². The topological polar surface area (TPSA) is 55.1 Å². The van der Waals surface area contributed by atoms with Gasteiger partial charge in [0.1, 0.15) is 0 Å². The van der Waals surface area contributed by atoms with Crippen LogP contribution in [0.4, 0.5) is 0 Å². The lowest BCUT2D eigenvalue weighted by Gasteiger charge is -2.20. The molecule has 0 aromatic carbocycles. The van der Waals surface area contributed by atoms with Crippen molar-refractivity contribution in [1.82, 2.24) is 5.32 Å². The molecule has 0 aliphatic heterocycles. The van der Waals surface area contributed by atoms with E-state index in [-0.39, 0.29) is 5.91 Å². The summed E-state index contributed by atoms with van der Waals surface area (Å²) in [4.78, 5) is 11.9. The van der Waals surface area contributed by atoms with E-state index in [1.165, 1.54) is 25.7 Å². The lowest BCUT2D eigenvalue weighted by Crippen LogP contribution is -2.32. The highest BCUT2D eigenvalue weighted by Crippen LogP contribution is 2.20. The van der Waals surface area contributed by atoms with Crippen LogP contribution in [0.2, 0.25) is 0 Å². The summed E-state index contributed by atoms with van der Waals surface area (Å²) in [6, 6.07) is 0.311. The molecule has 0 aliphatic carbocycles. The van der Waals surface area contributed by atoms with Gasteiger partial charge in [0.25, 0.3) is 0 Å².